The Bertz CT molecular complexity index is 1670. The first-order chi connectivity index (χ1) is 20.4. The maximum absolute atomic E-state index is 12.9. The first-order valence-electron chi connectivity index (χ1n) is 13.0. The molecule has 4 aromatic carbocycles. The van der Waals surface area contributed by atoms with Gasteiger partial charge in [0, 0.05) is 18.4 Å². The van der Waals surface area contributed by atoms with Crippen LogP contribution in [0.1, 0.15) is 11.1 Å². The summed E-state index contributed by atoms with van der Waals surface area (Å²) in [6.45, 7) is -0.242. The Hall–Kier alpha value is -5.00. The summed E-state index contributed by atoms with van der Waals surface area (Å²) in [5.41, 5.74) is 4.28. The van der Waals surface area contributed by atoms with Gasteiger partial charge in [-0.25, -0.2) is 0 Å². The van der Waals surface area contributed by atoms with Crippen LogP contribution in [0.3, 0.4) is 0 Å². The molecule has 2 aliphatic heterocycles. The van der Waals surface area contributed by atoms with Crippen molar-refractivity contribution in [3.8, 4) is 0 Å². The number of nitrogens with one attached hydrogen (secondary N) is 1. The third kappa shape index (κ3) is 5.99. The molecule has 0 saturated carbocycles. The summed E-state index contributed by atoms with van der Waals surface area (Å²) in [5, 5.41) is 3.08. The molecule has 0 aromatic heterocycles. The number of benzene rings is 4. The molecule has 1 N–H and O–H groups in total. The normalized spacial score (nSPS) is 14.0. The Morgan fingerprint density at radius 2 is 0.977 bits per heavy atom. The van der Waals surface area contributed by atoms with E-state index in [0.717, 1.165) is 15.5 Å². The Balaban J connectivity index is 0.000000171. The van der Waals surface area contributed by atoms with Gasteiger partial charge in [-0.2, -0.15) is 26.3 Å². The van der Waals surface area contributed by atoms with Crippen LogP contribution in [0.5, 0.6) is 0 Å². The first-order valence-corrected chi connectivity index (χ1v) is 13.0. The maximum Gasteiger partial charge on any atom is 0.471 e. The molecule has 222 valence electrons. The molecule has 4 aromatic rings. The fraction of sp³-hybridized carbons (Fsp3) is 0.161. The van der Waals surface area contributed by atoms with E-state index in [1.807, 2.05) is 12.1 Å². The predicted octanol–water partition coefficient (Wildman–Crippen LogP) is 7.70. The highest BCUT2D eigenvalue weighted by Crippen LogP contribution is 2.41. The fourth-order valence-corrected chi connectivity index (χ4v) is 5.00. The molecule has 0 fully saturated rings. The molecular weight excluding hydrogens is 574 g/mol. The van der Waals surface area contributed by atoms with Gasteiger partial charge in [0.2, 0.25) is 0 Å². The minimum absolute atomic E-state index is 0.115. The molecule has 0 saturated heterocycles. The summed E-state index contributed by atoms with van der Waals surface area (Å²) in [7, 11) is 1.78. The highest BCUT2D eigenvalue weighted by Gasteiger charge is 2.45. The van der Waals surface area contributed by atoms with E-state index in [4.69, 9.17) is 0 Å². The van der Waals surface area contributed by atoms with Crippen molar-refractivity contribution < 1.29 is 35.9 Å². The number of halogens is 6. The second-order valence-electron chi connectivity index (χ2n) is 9.75. The van der Waals surface area contributed by atoms with Crippen molar-refractivity contribution in [2.45, 2.75) is 25.4 Å². The summed E-state index contributed by atoms with van der Waals surface area (Å²) < 4.78 is 77.3. The standard InChI is InChI=1S/C16H13F3N2O.C15H11F3N2O/c1-20-12-7-3-2-6-11(12)10-21(15(22)16(17,18)19)14-9-5-4-8-13(14)20;16-15(17,18)14(21)20-9-10-5-1-2-6-11(10)19-12-7-3-4-8-13(12)20/h2-9H,10H2,1H3;1-8,19H,9H2. The summed E-state index contributed by atoms with van der Waals surface area (Å²) in [5.74, 6) is -3.72. The lowest BCUT2D eigenvalue weighted by Crippen LogP contribution is -2.40. The number of fused-ring (bicyclic) bond motifs is 4. The summed E-state index contributed by atoms with van der Waals surface area (Å²) in [6, 6.07) is 27.2. The number of anilines is 6. The van der Waals surface area contributed by atoms with Crippen molar-refractivity contribution in [2.75, 3.05) is 27.1 Å². The molecule has 43 heavy (non-hydrogen) atoms. The van der Waals surface area contributed by atoms with E-state index in [0.29, 0.717) is 28.2 Å². The van der Waals surface area contributed by atoms with E-state index < -0.39 is 24.2 Å². The second kappa shape index (κ2) is 11.3. The minimum atomic E-state index is -4.91. The SMILES string of the molecule is CN1c2ccccc2CN(C(=O)C(F)(F)F)c2ccccc21.O=C(N1Cc2ccccc2Nc2ccccc21)C(F)(F)F. The molecule has 12 heteroatoms. The van der Waals surface area contributed by atoms with Gasteiger partial charge in [0.25, 0.3) is 0 Å². The van der Waals surface area contributed by atoms with Gasteiger partial charge >= 0.3 is 24.2 Å². The number of alkyl halides is 6. The molecule has 0 atom stereocenters. The zero-order valence-corrected chi connectivity index (χ0v) is 22.6. The van der Waals surface area contributed by atoms with Crippen LogP contribution >= 0.6 is 0 Å². The van der Waals surface area contributed by atoms with Crippen molar-refractivity contribution in [2.24, 2.45) is 0 Å². The van der Waals surface area contributed by atoms with Crippen molar-refractivity contribution in [1.29, 1.82) is 0 Å². The molecule has 6 rings (SSSR count). The lowest BCUT2D eigenvalue weighted by Gasteiger charge is -2.25. The minimum Gasteiger partial charge on any atom is -0.354 e. The van der Waals surface area contributed by atoms with Crippen molar-refractivity contribution in [3.05, 3.63) is 108 Å². The molecule has 0 unspecified atom stereocenters. The number of nitrogens with zero attached hydrogens (tertiary/aromatic N) is 3. The number of carbonyl (C=O) groups excluding carboxylic acids is 2. The fourth-order valence-electron chi connectivity index (χ4n) is 5.00. The zero-order chi connectivity index (χ0) is 30.9. The summed E-state index contributed by atoms with van der Waals surface area (Å²) >= 11 is 0. The number of hydrogen-bond acceptors (Lipinski definition) is 4. The van der Waals surface area contributed by atoms with E-state index in [-0.39, 0.29) is 24.5 Å². The largest absolute Gasteiger partial charge is 0.471 e. The zero-order valence-electron chi connectivity index (χ0n) is 22.6. The first kappa shape index (κ1) is 29.5. The van der Waals surface area contributed by atoms with Crippen LogP contribution in [0, 0.1) is 0 Å². The van der Waals surface area contributed by atoms with Gasteiger partial charge in [0.05, 0.1) is 35.8 Å². The molecule has 2 aliphatic rings. The molecule has 0 radical (unpaired) electrons. The van der Waals surface area contributed by atoms with Crippen molar-refractivity contribution in [3.63, 3.8) is 0 Å². The summed E-state index contributed by atoms with van der Waals surface area (Å²) in [4.78, 5) is 26.9. The van der Waals surface area contributed by atoms with Crippen molar-refractivity contribution in [1.82, 2.24) is 0 Å². The molecule has 2 amide bonds. The van der Waals surface area contributed by atoms with Gasteiger partial charge in [-0.1, -0.05) is 60.7 Å². The Labute approximate surface area is 242 Å². The van der Waals surface area contributed by atoms with Crippen LogP contribution in [-0.2, 0) is 22.7 Å². The molecule has 0 bridgehead atoms. The number of rotatable bonds is 0. The monoisotopic (exact) mass is 598 g/mol. The van der Waals surface area contributed by atoms with Gasteiger partial charge in [0.15, 0.2) is 0 Å². The quantitative estimate of drug-likeness (QED) is 0.211. The van der Waals surface area contributed by atoms with Crippen LogP contribution in [0.4, 0.5) is 60.5 Å². The van der Waals surface area contributed by atoms with Gasteiger partial charge in [-0.05, 0) is 47.5 Å². The van der Waals surface area contributed by atoms with Crippen molar-refractivity contribution >= 4 is 45.9 Å². The second-order valence-corrected chi connectivity index (χ2v) is 9.75. The van der Waals surface area contributed by atoms with E-state index in [2.05, 4.69) is 5.32 Å². The highest BCUT2D eigenvalue weighted by molar-refractivity contribution is 6.02. The Morgan fingerprint density at radius 1 is 0.558 bits per heavy atom. The highest BCUT2D eigenvalue weighted by atomic mass is 19.4. The number of para-hydroxylation sites is 6. The molecule has 2 heterocycles. The van der Waals surface area contributed by atoms with Gasteiger partial charge in [-0.15, -0.1) is 0 Å². The van der Waals surface area contributed by atoms with Crippen LogP contribution in [-0.4, -0.2) is 31.2 Å². The van der Waals surface area contributed by atoms with E-state index >= 15 is 0 Å². The van der Waals surface area contributed by atoms with E-state index in [1.165, 1.54) is 12.1 Å². The number of carbonyl (C=O) groups is 2. The van der Waals surface area contributed by atoms with Crippen LogP contribution in [0.15, 0.2) is 97.1 Å². The third-order valence-corrected chi connectivity index (χ3v) is 7.00. The average molecular weight is 599 g/mol. The van der Waals surface area contributed by atoms with Gasteiger partial charge in [-0.3, -0.25) is 19.4 Å². The van der Waals surface area contributed by atoms with Crippen LogP contribution in [0.2, 0.25) is 0 Å². The van der Waals surface area contributed by atoms with E-state index in [9.17, 15) is 35.9 Å². The molecule has 0 spiro atoms. The smallest absolute Gasteiger partial charge is 0.354 e. The number of amides is 2. The lowest BCUT2D eigenvalue weighted by molar-refractivity contribution is -0.170. The average Bonchev–Trinajstić information content (AvgIpc) is 3.22. The van der Waals surface area contributed by atoms with Gasteiger partial charge in [0.1, 0.15) is 0 Å². The molecule has 6 nitrogen and oxygen atoms in total. The maximum atomic E-state index is 12.9. The van der Waals surface area contributed by atoms with Crippen LogP contribution in [0.25, 0.3) is 0 Å². The summed E-state index contributed by atoms with van der Waals surface area (Å²) in [6.07, 6.45) is -9.82. The molecule has 0 aliphatic carbocycles. The molecular formula is C31H24F6N4O2. The lowest BCUT2D eigenvalue weighted by atomic mass is 10.1. The Morgan fingerprint density at radius 3 is 1.58 bits per heavy atom. The van der Waals surface area contributed by atoms with Crippen LogP contribution < -0.4 is 20.0 Å². The van der Waals surface area contributed by atoms with E-state index in [1.54, 1.807) is 84.7 Å². The number of hydrogen-bond donors (Lipinski definition) is 1. The Kier molecular flexibility index (Phi) is 7.78. The third-order valence-electron chi connectivity index (χ3n) is 7.00. The predicted molar refractivity (Wildman–Crippen MR) is 152 cm³/mol. The topological polar surface area (TPSA) is 55.9 Å². The van der Waals surface area contributed by atoms with Gasteiger partial charge < -0.3 is 10.2 Å².